The van der Waals surface area contributed by atoms with Crippen molar-refractivity contribution in [2.24, 2.45) is 0 Å². The number of carbonyl (C=O) groups is 2. The summed E-state index contributed by atoms with van der Waals surface area (Å²) in [7, 11) is 1.58. The van der Waals surface area contributed by atoms with Crippen molar-refractivity contribution in [1.29, 1.82) is 0 Å². The first-order valence-electron chi connectivity index (χ1n) is 8.63. The van der Waals surface area contributed by atoms with Crippen molar-refractivity contribution in [2.75, 3.05) is 33.3 Å². The second-order valence-corrected chi connectivity index (χ2v) is 6.10. The number of rotatable bonds is 5. The van der Waals surface area contributed by atoms with Crippen molar-refractivity contribution in [3.05, 3.63) is 54.1 Å². The normalized spacial score (nSPS) is 14.2. The van der Waals surface area contributed by atoms with Crippen LogP contribution in [0.4, 0.5) is 0 Å². The molecule has 0 radical (unpaired) electrons. The lowest BCUT2D eigenvalue weighted by atomic mass is 10.1. The summed E-state index contributed by atoms with van der Waals surface area (Å²) < 4.78 is 5.17. The molecule has 0 atom stereocenters. The molecule has 1 fully saturated rings. The molecule has 0 saturated carbocycles. The maximum Gasteiger partial charge on any atom is 0.254 e. The van der Waals surface area contributed by atoms with Crippen molar-refractivity contribution in [1.82, 2.24) is 19.8 Å². The van der Waals surface area contributed by atoms with Crippen LogP contribution in [0.3, 0.4) is 0 Å². The van der Waals surface area contributed by atoms with Crippen molar-refractivity contribution in [3.8, 4) is 5.75 Å². The maximum absolute atomic E-state index is 12.6. The highest BCUT2D eigenvalue weighted by Crippen LogP contribution is 2.16. The van der Waals surface area contributed by atoms with E-state index in [1.54, 1.807) is 48.8 Å². The largest absolute Gasteiger partial charge is 0.497 e. The van der Waals surface area contributed by atoms with E-state index in [1.165, 1.54) is 0 Å². The van der Waals surface area contributed by atoms with Gasteiger partial charge in [-0.1, -0.05) is 6.07 Å². The van der Waals surface area contributed by atoms with E-state index in [1.807, 2.05) is 11.0 Å². The van der Waals surface area contributed by atoms with Gasteiger partial charge in [0.1, 0.15) is 5.75 Å². The van der Waals surface area contributed by atoms with Gasteiger partial charge in [-0.25, -0.2) is 0 Å². The third kappa shape index (κ3) is 4.36. The van der Waals surface area contributed by atoms with Crippen LogP contribution in [0.5, 0.6) is 5.75 Å². The number of hydrogen-bond donors (Lipinski definition) is 0. The van der Waals surface area contributed by atoms with Crippen LogP contribution in [0.1, 0.15) is 22.5 Å². The van der Waals surface area contributed by atoms with Gasteiger partial charge in [0.25, 0.3) is 5.91 Å². The van der Waals surface area contributed by atoms with Crippen LogP contribution in [-0.2, 0) is 11.2 Å². The number of amides is 2. The third-order valence-corrected chi connectivity index (χ3v) is 4.45. The molecule has 1 aliphatic heterocycles. The quantitative estimate of drug-likeness (QED) is 0.811. The molecule has 1 aliphatic rings. The van der Waals surface area contributed by atoms with Crippen LogP contribution >= 0.6 is 0 Å². The predicted octanol–water partition coefficient (Wildman–Crippen LogP) is 1.40. The number of ether oxygens (including phenoxy) is 1. The predicted molar refractivity (Wildman–Crippen MR) is 95.8 cm³/mol. The summed E-state index contributed by atoms with van der Waals surface area (Å²) >= 11 is 0. The first-order valence-corrected chi connectivity index (χ1v) is 8.63. The summed E-state index contributed by atoms with van der Waals surface area (Å²) in [5.74, 6) is 0.716. The highest BCUT2D eigenvalue weighted by atomic mass is 16.5. The minimum absolute atomic E-state index is 0.0319. The molecule has 3 rings (SSSR count). The number of aromatic nitrogens is 2. The van der Waals surface area contributed by atoms with Gasteiger partial charge in [-0.2, -0.15) is 0 Å². The average molecular weight is 354 g/mol. The molecule has 0 N–H and O–H groups in total. The molecular weight excluding hydrogens is 332 g/mol. The van der Waals surface area contributed by atoms with Gasteiger partial charge in [0.15, 0.2) is 0 Å². The third-order valence-electron chi connectivity index (χ3n) is 4.45. The number of nitrogens with zero attached hydrogens (tertiary/aromatic N) is 4. The lowest BCUT2D eigenvalue weighted by molar-refractivity contribution is -0.132. The van der Waals surface area contributed by atoms with Crippen LogP contribution in [0.15, 0.2) is 42.9 Å². The molecule has 0 bridgehead atoms. The van der Waals surface area contributed by atoms with Crippen LogP contribution in [0.2, 0.25) is 0 Å². The van der Waals surface area contributed by atoms with E-state index in [-0.39, 0.29) is 11.8 Å². The number of methoxy groups -OCH3 is 1. The van der Waals surface area contributed by atoms with Crippen molar-refractivity contribution in [3.63, 3.8) is 0 Å². The smallest absolute Gasteiger partial charge is 0.254 e. The molecule has 26 heavy (non-hydrogen) atoms. The lowest BCUT2D eigenvalue weighted by Crippen LogP contribution is -2.50. The van der Waals surface area contributed by atoms with E-state index in [0.717, 1.165) is 5.69 Å². The molecule has 0 unspecified atom stereocenters. The molecular formula is C19H22N4O3. The zero-order valence-corrected chi connectivity index (χ0v) is 14.8. The molecule has 0 aliphatic carbocycles. The Hall–Kier alpha value is -2.96. The van der Waals surface area contributed by atoms with Crippen molar-refractivity contribution in [2.45, 2.75) is 12.8 Å². The molecule has 1 saturated heterocycles. The Morgan fingerprint density at radius 2 is 1.88 bits per heavy atom. The molecule has 2 aromatic rings. The number of benzene rings is 1. The molecule has 0 spiro atoms. The standard InChI is InChI=1S/C19H22N4O3/c1-26-17-4-2-3-15(13-17)19(25)23-11-9-22(10-12-23)18(24)6-5-16-14-20-7-8-21-16/h2-4,7-8,13-14H,5-6,9-12H2,1H3. The Balaban J connectivity index is 1.50. The Kier molecular flexibility index (Phi) is 5.78. The minimum atomic E-state index is -0.0319. The van der Waals surface area contributed by atoms with E-state index in [4.69, 9.17) is 4.74 Å². The molecule has 7 heteroatoms. The number of hydrogen-bond acceptors (Lipinski definition) is 5. The highest BCUT2D eigenvalue weighted by Gasteiger charge is 2.24. The first kappa shape index (κ1) is 17.8. The Morgan fingerprint density at radius 1 is 1.12 bits per heavy atom. The first-order chi connectivity index (χ1) is 12.7. The summed E-state index contributed by atoms with van der Waals surface area (Å²) in [6.07, 6.45) is 5.91. The van der Waals surface area contributed by atoms with E-state index in [0.29, 0.717) is 50.3 Å². The molecule has 2 amide bonds. The van der Waals surface area contributed by atoms with Crippen molar-refractivity contribution >= 4 is 11.8 Å². The van der Waals surface area contributed by atoms with E-state index in [2.05, 4.69) is 9.97 Å². The Morgan fingerprint density at radius 3 is 2.58 bits per heavy atom. The van der Waals surface area contributed by atoms with Gasteiger partial charge in [-0.3, -0.25) is 19.6 Å². The van der Waals surface area contributed by atoms with Crippen molar-refractivity contribution < 1.29 is 14.3 Å². The summed E-state index contributed by atoms with van der Waals surface area (Å²) in [4.78, 5) is 36.7. The Bertz CT molecular complexity index is 758. The fourth-order valence-corrected chi connectivity index (χ4v) is 2.95. The van der Waals surface area contributed by atoms with Gasteiger partial charge in [-0.05, 0) is 24.6 Å². The second-order valence-electron chi connectivity index (χ2n) is 6.10. The van der Waals surface area contributed by atoms with Gasteiger partial charge in [0.2, 0.25) is 5.91 Å². The molecule has 136 valence electrons. The summed E-state index contributed by atoms with van der Waals surface area (Å²) in [5, 5.41) is 0. The van der Waals surface area contributed by atoms with E-state index in [9.17, 15) is 9.59 Å². The number of piperazine rings is 1. The van der Waals surface area contributed by atoms with Crippen LogP contribution in [-0.4, -0.2) is 64.9 Å². The molecule has 2 heterocycles. The van der Waals surface area contributed by atoms with Crippen LogP contribution in [0.25, 0.3) is 0 Å². The van der Waals surface area contributed by atoms with Gasteiger partial charge >= 0.3 is 0 Å². The van der Waals surface area contributed by atoms with Gasteiger partial charge in [0, 0.05) is 56.8 Å². The number of carbonyl (C=O) groups excluding carboxylic acids is 2. The minimum Gasteiger partial charge on any atom is -0.497 e. The van der Waals surface area contributed by atoms with Crippen LogP contribution < -0.4 is 4.74 Å². The van der Waals surface area contributed by atoms with Crippen LogP contribution in [0, 0.1) is 0 Å². The fraction of sp³-hybridized carbons (Fsp3) is 0.368. The number of aryl methyl sites for hydroxylation is 1. The highest BCUT2D eigenvalue weighted by molar-refractivity contribution is 5.94. The van der Waals surface area contributed by atoms with E-state index >= 15 is 0 Å². The summed E-state index contributed by atoms with van der Waals surface area (Å²) in [6.45, 7) is 2.17. The Labute approximate surface area is 152 Å². The maximum atomic E-state index is 12.6. The average Bonchev–Trinajstić information content (AvgIpc) is 2.72. The molecule has 7 nitrogen and oxygen atoms in total. The molecule has 1 aromatic carbocycles. The summed E-state index contributed by atoms with van der Waals surface area (Å²) in [5.41, 5.74) is 1.42. The summed E-state index contributed by atoms with van der Waals surface area (Å²) in [6, 6.07) is 7.13. The monoisotopic (exact) mass is 354 g/mol. The van der Waals surface area contributed by atoms with Gasteiger partial charge < -0.3 is 14.5 Å². The molecule has 1 aromatic heterocycles. The van der Waals surface area contributed by atoms with E-state index < -0.39 is 0 Å². The zero-order chi connectivity index (χ0) is 18.4. The fourth-order valence-electron chi connectivity index (χ4n) is 2.95. The van der Waals surface area contributed by atoms with Gasteiger partial charge in [-0.15, -0.1) is 0 Å². The zero-order valence-electron chi connectivity index (χ0n) is 14.8. The SMILES string of the molecule is COc1cccc(C(=O)N2CCN(C(=O)CCc3cnccn3)CC2)c1. The topological polar surface area (TPSA) is 75.6 Å². The lowest BCUT2D eigenvalue weighted by Gasteiger charge is -2.35. The second kappa shape index (κ2) is 8.42. The van der Waals surface area contributed by atoms with Gasteiger partial charge in [0.05, 0.1) is 12.8 Å².